The summed E-state index contributed by atoms with van der Waals surface area (Å²) in [7, 11) is 0. The molecule has 0 aliphatic carbocycles. The first kappa shape index (κ1) is 14.7. The maximum Gasteiger partial charge on any atom is 0.132 e. The SMILES string of the molecule is CCC(=O)CCCCc1cccc(OCCN)c1. The summed E-state index contributed by atoms with van der Waals surface area (Å²) < 4.78 is 5.48. The smallest absolute Gasteiger partial charge is 0.132 e. The zero-order valence-electron chi connectivity index (χ0n) is 11.2. The van der Waals surface area contributed by atoms with Gasteiger partial charge in [-0.25, -0.2) is 0 Å². The van der Waals surface area contributed by atoms with Crippen LogP contribution in [0.1, 0.15) is 38.2 Å². The maximum atomic E-state index is 11.2. The molecule has 18 heavy (non-hydrogen) atoms. The van der Waals surface area contributed by atoms with Crippen LogP contribution in [0.5, 0.6) is 5.75 Å². The summed E-state index contributed by atoms with van der Waals surface area (Å²) in [5, 5.41) is 0. The van der Waals surface area contributed by atoms with Crippen LogP contribution >= 0.6 is 0 Å². The Bertz CT molecular complexity index is 363. The van der Waals surface area contributed by atoms with E-state index >= 15 is 0 Å². The molecule has 0 saturated carbocycles. The van der Waals surface area contributed by atoms with Crippen molar-refractivity contribution in [1.29, 1.82) is 0 Å². The molecule has 0 saturated heterocycles. The molecule has 1 rings (SSSR count). The van der Waals surface area contributed by atoms with Crippen LogP contribution in [0.4, 0.5) is 0 Å². The molecule has 0 spiro atoms. The Hall–Kier alpha value is -1.35. The van der Waals surface area contributed by atoms with Gasteiger partial charge < -0.3 is 10.5 Å². The van der Waals surface area contributed by atoms with Crippen molar-refractivity contribution in [2.45, 2.75) is 39.0 Å². The fraction of sp³-hybridized carbons (Fsp3) is 0.533. The van der Waals surface area contributed by atoms with Crippen molar-refractivity contribution < 1.29 is 9.53 Å². The summed E-state index contributed by atoms with van der Waals surface area (Å²) in [4.78, 5) is 11.2. The van der Waals surface area contributed by atoms with E-state index in [0.29, 0.717) is 31.8 Å². The lowest BCUT2D eigenvalue weighted by Gasteiger charge is -2.07. The Morgan fingerprint density at radius 1 is 1.33 bits per heavy atom. The van der Waals surface area contributed by atoms with Gasteiger partial charge in [0.2, 0.25) is 0 Å². The van der Waals surface area contributed by atoms with Gasteiger partial charge in [-0.2, -0.15) is 0 Å². The number of aryl methyl sites for hydroxylation is 1. The molecule has 0 unspecified atom stereocenters. The molecule has 0 atom stereocenters. The molecular weight excluding hydrogens is 226 g/mol. The molecule has 0 aliphatic heterocycles. The number of benzene rings is 1. The van der Waals surface area contributed by atoms with Crippen molar-refractivity contribution in [3.63, 3.8) is 0 Å². The molecule has 0 fully saturated rings. The van der Waals surface area contributed by atoms with Gasteiger partial charge in [-0.1, -0.05) is 19.1 Å². The molecule has 0 amide bonds. The highest BCUT2D eigenvalue weighted by molar-refractivity contribution is 5.77. The summed E-state index contributed by atoms with van der Waals surface area (Å²) >= 11 is 0. The van der Waals surface area contributed by atoms with Gasteiger partial charge in [0.25, 0.3) is 0 Å². The Kier molecular flexibility index (Phi) is 7.11. The number of rotatable bonds is 9. The van der Waals surface area contributed by atoms with Gasteiger partial charge in [-0.3, -0.25) is 4.79 Å². The van der Waals surface area contributed by atoms with Crippen LogP contribution in [0, 0.1) is 0 Å². The second-order valence-electron chi connectivity index (χ2n) is 4.38. The van der Waals surface area contributed by atoms with Crippen LogP contribution in [0.3, 0.4) is 0 Å². The number of ether oxygens (including phenoxy) is 1. The van der Waals surface area contributed by atoms with Crippen LogP contribution in [0.15, 0.2) is 24.3 Å². The van der Waals surface area contributed by atoms with E-state index in [4.69, 9.17) is 10.5 Å². The van der Waals surface area contributed by atoms with E-state index in [-0.39, 0.29) is 0 Å². The molecule has 1 aromatic rings. The number of hydrogen-bond acceptors (Lipinski definition) is 3. The molecule has 100 valence electrons. The van der Waals surface area contributed by atoms with Crippen LogP contribution < -0.4 is 10.5 Å². The van der Waals surface area contributed by atoms with Crippen molar-refractivity contribution in [3.8, 4) is 5.75 Å². The Morgan fingerprint density at radius 2 is 2.17 bits per heavy atom. The molecule has 0 heterocycles. The third-order valence-corrected chi connectivity index (χ3v) is 2.85. The Morgan fingerprint density at radius 3 is 2.89 bits per heavy atom. The fourth-order valence-corrected chi connectivity index (χ4v) is 1.80. The summed E-state index contributed by atoms with van der Waals surface area (Å²) in [5.41, 5.74) is 6.66. The van der Waals surface area contributed by atoms with Gasteiger partial charge in [0.15, 0.2) is 0 Å². The van der Waals surface area contributed by atoms with Gasteiger partial charge in [0, 0.05) is 19.4 Å². The minimum absolute atomic E-state index is 0.357. The minimum atomic E-state index is 0.357. The molecular formula is C15H23NO2. The van der Waals surface area contributed by atoms with Crippen LogP contribution in [-0.2, 0) is 11.2 Å². The largest absolute Gasteiger partial charge is 0.492 e. The van der Waals surface area contributed by atoms with E-state index in [1.807, 2.05) is 19.1 Å². The van der Waals surface area contributed by atoms with Gasteiger partial charge in [0.05, 0.1) is 0 Å². The lowest BCUT2D eigenvalue weighted by molar-refractivity contribution is -0.118. The first-order chi connectivity index (χ1) is 8.76. The molecule has 3 nitrogen and oxygen atoms in total. The molecule has 0 aromatic heterocycles. The molecule has 0 bridgehead atoms. The molecule has 0 aliphatic rings. The lowest BCUT2D eigenvalue weighted by Crippen LogP contribution is -2.10. The number of carbonyl (C=O) groups excluding carboxylic acids is 1. The zero-order chi connectivity index (χ0) is 13.2. The van der Waals surface area contributed by atoms with Gasteiger partial charge in [0.1, 0.15) is 18.1 Å². The van der Waals surface area contributed by atoms with Crippen LogP contribution in [-0.4, -0.2) is 18.9 Å². The summed E-state index contributed by atoms with van der Waals surface area (Å²) in [5.74, 6) is 1.23. The third-order valence-electron chi connectivity index (χ3n) is 2.85. The average Bonchev–Trinajstić information content (AvgIpc) is 2.41. The summed E-state index contributed by atoms with van der Waals surface area (Å²) in [6, 6.07) is 8.09. The predicted molar refractivity (Wildman–Crippen MR) is 73.8 cm³/mol. The van der Waals surface area contributed by atoms with Crippen molar-refractivity contribution in [3.05, 3.63) is 29.8 Å². The summed E-state index contributed by atoms with van der Waals surface area (Å²) in [6.07, 6.45) is 4.38. The number of ketones is 1. The minimum Gasteiger partial charge on any atom is -0.492 e. The highest BCUT2D eigenvalue weighted by atomic mass is 16.5. The topological polar surface area (TPSA) is 52.3 Å². The second-order valence-corrected chi connectivity index (χ2v) is 4.38. The van der Waals surface area contributed by atoms with Gasteiger partial charge >= 0.3 is 0 Å². The van der Waals surface area contributed by atoms with Crippen molar-refractivity contribution in [2.24, 2.45) is 5.73 Å². The van der Waals surface area contributed by atoms with Crippen molar-refractivity contribution >= 4 is 5.78 Å². The molecule has 3 heteroatoms. The van der Waals surface area contributed by atoms with Crippen molar-refractivity contribution in [2.75, 3.05) is 13.2 Å². The highest BCUT2D eigenvalue weighted by Crippen LogP contribution is 2.15. The Labute approximate surface area is 109 Å². The van der Waals surface area contributed by atoms with Gasteiger partial charge in [-0.05, 0) is 37.0 Å². The number of hydrogen-bond donors (Lipinski definition) is 1. The maximum absolute atomic E-state index is 11.2. The quantitative estimate of drug-likeness (QED) is 0.685. The fourth-order valence-electron chi connectivity index (χ4n) is 1.80. The number of unbranched alkanes of at least 4 members (excludes halogenated alkanes) is 1. The van der Waals surface area contributed by atoms with Crippen LogP contribution in [0.25, 0.3) is 0 Å². The second kappa shape index (κ2) is 8.70. The normalized spacial score (nSPS) is 10.3. The van der Waals surface area contributed by atoms with Crippen LogP contribution in [0.2, 0.25) is 0 Å². The first-order valence-corrected chi connectivity index (χ1v) is 6.69. The van der Waals surface area contributed by atoms with Crippen molar-refractivity contribution in [1.82, 2.24) is 0 Å². The number of Topliss-reactive ketones (excluding diaryl/α,β-unsaturated/α-hetero) is 1. The highest BCUT2D eigenvalue weighted by Gasteiger charge is 2.00. The number of carbonyl (C=O) groups is 1. The molecule has 1 aromatic carbocycles. The van der Waals surface area contributed by atoms with E-state index in [0.717, 1.165) is 25.0 Å². The number of nitrogens with two attached hydrogens (primary N) is 1. The molecule has 0 radical (unpaired) electrons. The molecule has 2 N–H and O–H groups in total. The monoisotopic (exact) mass is 249 g/mol. The standard InChI is InChI=1S/C15H23NO2/c1-2-14(17)8-4-3-6-13-7-5-9-15(12-13)18-11-10-16/h5,7,9,12H,2-4,6,8,10-11,16H2,1H3. The van der Waals surface area contributed by atoms with E-state index in [2.05, 4.69) is 12.1 Å². The van der Waals surface area contributed by atoms with E-state index in [1.54, 1.807) is 0 Å². The van der Waals surface area contributed by atoms with Gasteiger partial charge in [-0.15, -0.1) is 0 Å². The van der Waals surface area contributed by atoms with E-state index in [1.165, 1.54) is 5.56 Å². The zero-order valence-corrected chi connectivity index (χ0v) is 11.2. The average molecular weight is 249 g/mol. The third kappa shape index (κ3) is 5.82. The summed E-state index contributed by atoms with van der Waals surface area (Å²) in [6.45, 7) is 3.00. The Balaban J connectivity index is 2.31. The van der Waals surface area contributed by atoms with E-state index in [9.17, 15) is 4.79 Å². The predicted octanol–water partition coefficient (Wildman–Crippen LogP) is 2.72. The first-order valence-electron chi connectivity index (χ1n) is 6.69. The van der Waals surface area contributed by atoms with E-state index < -0.39 is 0 Å². The lowest BCUT2D eigenvalue weighted by atomic mass is 10.0.